The molecule has 1 fully saturated rings. The minimum atomic E-state index is 0.450. The normalized spacial score (nSPS) is 16.9. The van der Waals surface area contributed by atoms with Crippen LogP contribution in [0, 0.1) is 0 Å². The fourth-order valence-electron chi connectivity index (χ4n) is 2.33. The maximum atomic E-state index is 5.54. The summed E-state index contributed by atoms with van der Waals surface area (Å²) in [4.78, 5) is 4.46. The highest BCUT2D eigenvalue weighted by Crippen LogP contribution is 2.14. The lowest BCUT2D eigenvalue weighted by molar-refractivity contribution is 0.0903. The number of aromatic nitrogens is 3. The topological polar surface area (TPSA) is 77.5 Å². The zero-order chi connectivity index (χ0) is 13.1. The number of hydrogen-bond acceptors (Lipinski definition) is 5. The number of ether oxygens (including phenoxy) is 1. The van der Waals surface area contributed by atoms with E-state index in [4.69, 9.17) is 10.5 Å². The van der Waals surface area contributed by atoms with Crippen LogP contribution in [0.15, 0.2) is 18.3 Å². The Morgan fingerprint density at radius 1 is 1.37 bits per heavy atom. The summed E-state index contributed by atoms with van der Waals surface area (Å²) >= 11 is 0. The van der Waals surface area contributed by atoms with Crippen LogP contribution in [0.5, 0.6) is 0 Å². The van der Waals surface area contributed by atoms with Crippen molar-refractivity contribution in [1.82, 2.24) is 14.6 Å². The van der Waals surface area contributed by atoms with E-state index in [-0.39, 0.29) is 0 Å². The number of hydrogen-bond donors (Lipinski definition) is 2. The lowest BCUT2D eigenvalue weighted by atomic mass is 10.1. The molecule has 1 aliphatic heterocycles. The number of nitrogens with two attached hydrogens (primary N) is 1. The molecule has 0 unspecified atom stereocenters. The van der Waals surface area contributed by atoms with Gasteiger partial charge in [0, 0.05) is 25.7 Å². The van der Waals surface area contributed by atoms with Crippen molar-refractivity contribution in [3.63, 3.8) is 0 Å². The molecule has 3 rings (SSSR count). The van der Waals surface area contributed by atoms with E-state index in [0.717, 1.165) is 49.6 Å². The summed E-state index contributed by atoms with van der Waals surface area (Å²) in [7, 11) is 0. The molecule has 0 aromatic carbocycles. The maximum absolute atomic E-state index is 5.54. The average Bonchev–Trinajstić information content (AvgIpc) is 2.82. The molecule has 2 aromatic heterocycles. The van der Waals surface area contributed by atoms with Gasteiger partial charge in [0.05, 0.1) is 11.9 Å². The highest BCUT2D eigenvalue weighted by molar-refractivity contribution is 5.45. The summed E-state index contributed by atoms with van der Waals surface area (Å²) in [5.74, 6) is 0.885. The molecule has 6 heteroatoms. The Bertz CT molecular complexity index is 547. The van der Waals surface area contributed by atoms with Gasteiger partial charge in [-0.05, 0) is 31.5 Å². The monoisotopic (exact) mass is 261 g/mol. The molecule has 0 spiro atoms. The summed E-state index contributed by atoms with van der Waals surface area (Å²) in [5, 5.41) is 7.98. The van der Waals surface area contributed by atoms with Gasteiger partial charge < -0.3 is 15.8 Å². The molecule has 0 bridgehead atoms. The van der Waals surface area contributed by atoms with Crippen LogP contribution >= 0.6 is 0 Å². The van der Waals surface area contributed by atoms with Gasteiger partial charge in [-0.3, -0.25) is 0 Å². The number of rotatable bonds is 4. The van der Waals surface area contributed by atoms with E-state index in [1.165, 1.54) is 0 Å². The van der Waals surface area contributed by atoms with Gasteiger partial charge in [0.2, 0.25) is 0 Å². The van der Waals surface area contributed by atoms with Crippen LogP contribution in [-0.4, -0.2) is 40.4 Å². The zero-order valence-corrected chi connectivity index (χ0v) is 10.9. The van der Waals surface area contributed by atoms with Crippen molar-refractivity contribution >= 4 is 11.5 Å². The van der Waals surface area contributed by atoms with E-state index in [9.17, 15) is 0 Å². The first-order chi connectivity index (χ1) is 9.35. The maximum Gasteiger partial charge on any atom is 0.153 e. The van der Waals surface area contributed by atoms with Gasteiger partial charge in [0.1, 0.15) is 5.82 Å². The van der Waals surface area contributed by atoms with Crippen LogP contribution in [0.2, 0.25) is 0 Å². The summed E-state index contributed by atoms with van der Waals surface area (Å²) < 4.78 is 7.16. The smallest absolute Gasteiger partial charge is 0.153 e. The molecule has 1 saturated heterocycles. The second-order valence-corrected chi connectivity index (χ2v) is 4.82. The number of nitrogens with zero attached hydrogens (tertiary/aromatic N) is 3. The van der Waals surface area contributed by atoms with Gasteiger partial charge in [-0.25, -0.2) is 9.50 Å². The van der Waals surface area contributed by atoms with Crippen molar-refractivity contribution in [2.24, 2.45) is 5.73 Å². The van der Waals surface area contributed by atoms with E-state index < -0.39 is 0 Å². The summed E-state index contributed by atoms with van der Waals surface area (Å²) in [6.07, 6.45) is 4.79. The third kappa shape index (κ3) is 2.85. The molecule has 2 aromatic rings. The number of imidazole rings is 1. The lowest BCUT2D eigenvalue weighted by Crippen LogP contribution is -2.28. The van der Waals surface area contributed by atoms with E-state index in [0.29, 0.717) is 12.6 Å². The average molecular weight is 261 g/mol. The van der Waals surface area contributed by atoms with Crippen LogP contribution < -0.4 is 11.1 Å². The van der Waals surface area contributed by atoms with Crippen LogP contribution in [0.3, 0.4) is 0 Å². The molecule has 19 heavy (non-hydrogen) atoms. The van der Waals surface area contributed by atoms with Gasteiger partial charge in [0.25, 0.3) is 0 Å². The Morgan fingerprint density at radius 3 is 3.00 bits per heavy atom. The Hall–Kier alpha value is -1.66. The number of fused-ring (bicyclic) bond motifs is 1. The van der Waals surface area contributed by atoms with Gasteiger partial charge in [-0.2, -0.15) is 0 Å². The molecule has 1 aliphatic rings. The van der Waals surface area contributed by atoms with Crippen LogP contribution in [0.4, 0.5) is 5.82 Å². The third-order valence-electron chi connectivity index (χ3n) is 3.34. The van der Waals surface area contributed by atoms with Crippen molar-refractivity contribution in [2.45, 2.75) is 25.3 Å². The summed E-state index contributed by atoms with van der Waals surface area (Å²) in [5.41, 5.74) is 7.39. The SMILES string of the molecule is NCCc1cn2nc(NC3CCOCC3)ccc2n1. The predicted molar refractivity (Wildman–Crippen MR) is 73.2 cm³/mol. The third-order valence-corrected chi connectivity index (χ3v) is 3.34. The number of anilines is 1. The van der Waals surface area contributed by atoms with Gasteiger partial charge >= 0.3 is 0 Å². The molecule has 0 aliphatic carbocycles. The molecule has 3 N–H and O–H groups in total. The quantitative estimate of drug-likeness (QED) is 0.852. The Labute approximate surface area is 112 Å². The first-order valence-corrected chi connectivity index (χ1v) is 6.75. The zero-order valence-electron chi connectivity index (χ0n) is 10.9. The van der Waals surface area contributed by atoms with Crippen molar-refractivity contribution < 1.29 is 4.74 Å². The standard InChI is InChI=1S/C13H19N5O/c14-6-3-11-9-18-13(16-11)2-1-12(17-18)15-10-4-7-19-8-5-10/h1-2,9-10H,3-8,14H2,(H,15,17). The molecule has 102 valence electrons. The molecule has 0 amide bonds. The molecule has 0 atom stereocenters. The van der Waals surface area contributed by atoms with Crippen molar-refractivity contribution in [2.75, 3.05) is 25.1 Å². The first kappa shape index (κ1) is 12.4. The Morgan fingerprint density at radius 2 is 2.21 bits per heavy atom. The second-order valence-electron chi connectivity index (χ2n) is 4.82. The Balaban J connectivity index is 1.76. The molecule has 0 saturated carbocycles. The molecular weight excluding hydrogens is 242 g/mol. The fourth-order valence-corrected chi connectivity index (χ4v) is 2.33. The van der Waals surface area contributed by atoms with Crippen LogP contribution in [-0.2, 0) is 11.2 Å². The van der Waals surface area contributed by atoms with E-state index in [1.54, 1.807) is 0 Å². The Kier molecular flexibility index (Phi) is 3.61. The number of nitrogens with one attached hydrogen (secondary N) is 1. The van der Waals surface area contributed by atoms with Crippen molar-refractivity contribution in [3.8, 4) is 0 Å². The van der Waals surface area contributed by atoms with Crippen molar-refractivity contribution in [1.29, 1.82) is 0 Å². The predicted octanol–water partition coefficient (Wildman–Crippen LogP) is 0.821. The van der Waals surface area contributed by atoms with E-state index >= 15 is 0 Å². The fraction of sp³-hybridized carbons (Fsp3) is 0.538. The lowest BCUT2D eigenvalue weighted by Gasteiger charge is -2.23. The summed E-state index contributed by atoms with van der Waals surface area (Å²) in [6.45, 7) is 2.26. The minimum absolute atomic E-state index is 0.450. The van der Waals surface area contributed by atoms with E-state index in [2.05, 4.69) is 15.4 Å². The van der Waals surface area contributed by atoms with Crippen LogP contribution in [0.1, 0.15) is 18.5 Å². The van der Waals surface area contributed by atoms with Gasteiger partial charge in [-0.15, -0.1) is 5.10 Å². The molecule has 6 nitrogen and oxygen atoms in total. The van der Waals surface area contributed by atoms with Gasteiger partial charge in [0.15, 0.2) is 5.65 Å². The summed E-state index contributed by atoms with van der Waals surface area (Å²) in [6, 6.07) is 4.41. The molecule has 0 radical (unpaired) electrons. The highest BCUT2D eigenvalue weighted by atomic mass is 16.5. The van der Waals surface area contributed by atoms with Gasteiger partial charge in [-0.1, -0.05) is 0 Å². The second kappa shape index (κ2) is 5.54. The largest absolute Gasteiger partial charge is 0.381 e. The van der Waals surface area contributed by atoms with Crippen molar-refractivity contribution in [3.05, 3.63) is 24.0 Å². The van der Waals surface area contributed by atoms with Crippen LogP contribution in [0.25, 0.3) is 5.65 Å². The highest BCUT2D eigenvalue weighted by Gasteiger charge is 2.14. The van der Waals surface area contributed by atoms with E-state index in [1.807, 2.05) is 22.8 Å². The first-order valence-electron chi connectivity index (χ1n) is 6.75. The molecule has 3 heterocycles. The molecular formula is C13H19N5O. The minimum Gasteiger partial charge on any atom is -0.381 e.